The highest BCUT2D eigenvalue weighted by atomic mass is 35.5. The fourth-order valence-electron chi connectivity index (χ4n) is 2.42. The van der Waals surface area contributed by atoms with Crippen molar-refractivity contribution in [2.45, 2.75) is 0 Å². The van der Waals surface area contributed by atoms with Crippen LogP contribution in [0.2, 0.25) is 0 Å². The minimum Gasteiger partial charge on any atom is -0.478 e. The number of benzene rings is 1. The Morgan fingerprint density at radius 1 is 1.26 bits per heavy atom. The van der Waals surface area contributed by atoms with Gasteiger partial charge in [0.25, 0.3) is 0 Å². The number of aromatic nitrogens is 1. The van der Waals surface area contributed by atoms with Crippen LogP contribution in [0.25, 0.3) is 10.9 Å². The molecule has 0 unspecified atom stereocenters. The quantitative estimate of drug-likeness (QED) is 0.899. The van der Waals surface area contributed by atoms with Gasteiger partial charge < -0.3 is 14.6 Å². The zero-order valence-electron chi connectivity index (χ0n) is 12.6. The van der Waals surface area contributed by atoms with Gasteiger partial charge in [0.1, 0.15) is 6.61 Å². The SMILES string of the molecule is Cl.O=C(O)c1ccc2nc(OCCN3CCOCC3)ccc2c1. The minimum absolute atomic E-state index is 0. The summed E-state index contributed by atoms with van der Waals surface area (Å²) >= 11 is 0. The predicted octanol–water partition coefficient (Wildman–Crippen LogP) is 2.07. The van der Waals surface area contributed by atoms with Crippen molar-refractivity contribution in [3.05, 3.63) is 35.9 Å². The first-order chi connectivity index (χ1) is 10.7. The number of nitrogens with zero attached hydrogens (tertiary/aromatic N) is 2. The predicted molar refractivity (Wildman–Crippen MR) is 88.7 cm³/mol. The van der Waals surface area contributed by atoms with Gasteiger partial charge in [-0.05, 0) is 24.3 Å². The summed E-state index contributed by atoms with van der Waals surface area (Å²) in [7, 11) is 0. The van der Waals surface area contributed by atoms with Crippen LogP contribution in [0.15, 0.2) is 30.3 Å². The van der Waals surface area contributed by atoms with Crippen LogP contribution < -0.4 is 4.74 Å². The molecule has 1 aliphatic heterocycles. The van der Waals surface area contributed by atoms with E-state index in [2.05, 4.69) is 9.88 Å². The van der Waals surface area contributed by atoms with E-state index in [1.165, 1.54) is 0 Å². The molecule has 1 aromatic carbocycles. The lowest BCUT2D eigenvalue weighted by Crippen LogP contribution is -2.38. The Morgan fingerprint density at radius 2 is 2.04 bits per heavy atom. The van der Waals surface area contributed by atoms with Crippen LogP contribution in [-0.2, 0) is 4.74 Å². The molecule has 1 aliphatic rings. The summed E-state index contributed by atoms with van der Waals surface area (Å²) in [5, 5.41) is 9.77. The highest BCUT2D eigenvalue weighted by Crippen LogP contribution is 2.18. The molecule has 3 rings (SSSR count). The van der Waals surface area contributed by atoms with Gasteiger partial charge >= 0.3 is 5.97 Å². The van der Waals surface area contributed by atoms with Crippen LogP contribution in [0, 0.1) is 0 Å². The van der Waals surface area contributed by atoms with Crippen LogP contribution in [0.1, 0.15) is 10.4 Å². The molecule has 2 aromatic rings. The summed E-state index contributed by atoms with van der Waals surface area (Å²) < 4.78 is 11.0. The number of ether oxygens (including phenoxy) is 2. The summed E-state index contributed by atoms with van der Waals surface area (Å²) in [5.41, 5.74) is 0.990. The average molecular weight is 339 g/mol. The van der Waals surface area contributed by atoms with Crippen LogP contribution >= 0.6 is 12.4 Å². The van der Waals surface area contributed by atoms with Crippen LogP contribution in [0.5, 0.6) is 5.88 Å². The highest BCUT2D eigenvalue weighted by Gasteiger charge is 2.10. The minimum atomic E-state index is -0.937. The third-order valence-corrected chi connectivity index (χ3v) is 3.67. The Morgan fingerprint density at radius 3 is 2.78 bits per heavy atom. The molecule has 1 fully saturated rings. The van der Waals surface area contributed by atoms with E-state index < -0.39 is 5.97 Å². The third-order valence-electron chi connectivity index (χ3n) is 3.67. The average Bonchev–Trinajstić information content (AvgIpc) is 2.55. The summed E-state index contributed by atoms with van der Waals surface area (Å²) in [6, 6.07) is 8.47. The number of morpholine rings is 1. The van der Waals surface area contributed by atoms with Gasteiger partial charge in [-0.1, -0.05) is 0 Å². The molecule has 2 heterocycles. The number of carbonyl (C=O) groups is 1. The lowest BCUT2D eigenvalue weighted by molar-refractivity contribution is 0.0320. The molecule has 124 valence electrons. The van der Waals surface area contributed by atoms with Crippen molar-refractivity contribution in [2.75, 3.05) is 39.5 Å². The van der Waals surface area contributed by atoms with Crippen LogP contribution in [0.4, 0.5) is 0 Å². The zero-order valence-corrected chi connectivity index (χ0v) is 13.4. The van der Waals surface area contributed by atoms with E-state index in [0.29, 0.717) is 12.5 Å². The van der Waals surface area contributed by atoms with Gasteiger partial charge in [0.05, 0.1) is 24.3 Å². The fourth-order valence-corrected chi connectivity index (χ4v) is 2.42. The van der Waals surface area contributed by atoms with Crippen molar-refractivity contribution in [1.82, 2.24) is 9.88 Å². The molecule has 1 saturated heterocycles. The lowest BCUT2D eigenvalue weighted by atomic mass is 10.1. The Labute approximate surface area is 140 Å². The van der Waals surface area contributed by atoms with E-state index >= 15 is 0 Å². The normalized spacial score (nSPS) is 15.1. The molecule has 0 atom stereocenters. The van der Waals surface area contributed by atoms with Crippen molar-refractivity contribution in [3.63, 3.8) is 0 Å². The van der Waals surface area contributed by atoms with E-state index in [4.69, 9.17) is 14.6 Å². The van der Waals surface area contributed by atoms with Gasteiger partial charge in [0.15, 0.2) is 0 Å². The molecule has 7 heteroatoms. The molecular weight excluding hydrogens is 320 g/mol. The smallest absolute Gasteiger partial charge is 0.335 e. The number of hydrogen-bond acceptors (Lipinski definition) is 5. The topological polar surface area (TPSA) is 71.9 Å². The number of fused-ring (bicyclic) bond motifs is 1. The van der Waals surface area contributed by atoms with Gasteiger partial charge in [-0.25, -0.2) is 9.78 Å². The monoisotopic (exact) mass is 338 g/mol. The van der Waals surface area contributed by atoms with Gasteiger partial charge in [0.2, 0.25) is 5.88 Å². The fraction of sp³-hybridized carbons (Fsp3) is 0.375. The second-order valence-electron chi connectivity index (χ2n) is 5.16. The Bertz CT molecular complexity index is 674. The van der Waals surface area contributed by atoms with E-state index in [1.807, 2.05) is 6.07 Å². The van der Waals surface area contributed by atoms with Crippen LogP contribution in [-0.4, -0.2) is 60.4 Å². The van der Waals surface area contributed by atoms with Gasteiger partial charge in [-0.3, -0.25) is 4.90 Å². The first-order valence-electron chi connectivity index (χ1n) is 7.29. The molecular formula is C16H19ClN2O4. The first-order valence-corrected chi connectivity index (χ1v) is 7.29. The molecule has 6 nitrogen and oxygen atoms in total. The van der Waals surface area contributed by atoms with Crippen LogP contribution in [0.3, 0.4) is 0 Å². The van der Waals surface area contributed by atoms with Crippen molar-refractivity contribution in [3.8, 4) is 5.88 Å². The van der Waals surface area contributed by atoms with Crippen molar-refractivity contribution >= 4 is 29.3 Å². The number of pyridine rings is 1. The number of aromatic carboxylic acids is 1. The summed E-state index contributed by atoms with van der Waals surface area (Å²) in [5.74, 6) is -0.378. The summed E-state index contributed by atoms with van der Waals surface area (Å²) in [6.07, 6.45) is 0. The summed E-state index contributed by atoms with van der Waals surface area (Å²) in [4.78, 5) is 17.6. The van der Waals surface area contributed by atoms with Crippen molar-refractivity contribution < 1.29 is 19.4 Å². The van der Waals surface area contributed by atoms with Crippen molar-refractivity contribution in [2.24, 2.45) is 0 Å². The number of hydrogen-bond donors (Lipinski definition) is 1. The van der Waals surface area contributed by atoms with E-state index in [0.717, 1.165) is 43.8 Å². The maximum Gasteiger partial charge on any atom is 0.335 e. The Hall–Kier alpha value is -1.89. The molecule has 0 saturated carbocycles. The standard InChI is InChI=1S/C16H18N2O4.ClH/c19-16(20)13-1-3-14-12(11-13)2-4-15(17-14)22-10-7-18-5-8-21-9-6-18;/h1-4,11H,5-10H2,(H,19,20);1H. The second-order valence-corrected chi connectivity index (χ2v) is 5.16. The maximum atomic E-state index is 10.9. The number of rotatable bonds is 5. The third kappa shape index (κ3) is 4.54. The molecule has 0 radical (unpaired) electrons. The number of halogens is 1. The zero-order chi connectivity index (χ0) is 15.4. The van der Waals surface area contributed by atoms with Gasteiger partial charge in [-0.2, -0.15) is 0 Å². The second kappa shape index (κ2) is 8.10. The Balaban J connectivity index is 0.00000192. The molecule has 0 aliphatic carbocycles. The maximum absolute atomic E-state index is 10.9. The van der Waals surface area contributed by atoms with E-state index in [-0.39, 0.29) is 18.0 Å². The number of carboxylic acids is 1. The molecule has 1 N–H and O–H groups in total. The number of carboxylic acid groups (broad SMARTS) is 1. The Kier molecular flexibility index (Phi) is 6.15. The van der Waals surface area contributed by atoms with E-state index in [9.17, 15) is 4.79 Å². The highest BCUT2D eigenvalue weighted by molar-refractivity contribution is 5.93. The molecule has 0 bridgehead atoms. The first kappa shape index (κ1) is 17.5. The molecule has 23 heavy (non-hydrogen) atoms. The lowest BCUT2D eigenvalue weighted by Gasteiger charge is -2.26. The molecule has 1 aromatic heterocycles. The van der Waals surface area contributed by atoms with Crippen molar-refractivity contribution in [1.29, 1.82) is 0 Å². The largest absolute Gasteiger partial charge is 0.478 e. The van der Waals surface area contributed by atoms with Gasteiger partial charge in [-0.15, -0.1) is 12.4 Å². The molecule has 0 spiro atoms. The van der Waals surface area contributed by atoms with Gasteiger partial charge in [0, 0.05) is 31.1 Å². The van der Waals surface area contributed by atoms with E-state index in [1.54, 1.807) is 24.3 Å². The molecule has 0 amide bonds. The summed E-state index contributed by atoms with van der Waals surface area (Å²) in [6.45, 7) is 4.85.